The van der Waals surface area contributed by atoms with Gasteiger partial charge in [-0.05, 0) is 26.2 Å². The maximum Gasteiger partial charge on any atom is 0.330 e. The van der Waals surface area contributed by atoms with Gasteiger partial charge in [0.1, 0.15) is 0 Å². The minimum atomic E-state index is -0.285. The van der Waals surface area contributed by atoms with E-state index in [-0.39, 0.29) is 5.97 Å². The van der Waals surface area contributed by atoms with Crippen LogP contribution in [-0.2, 0) is 9.53 Å². The van der Waals surface area contributed by atoms with E-state index in [1.54, 1.807) is 13.0 Å². The van der Waals surface area contributed by atoms with Gasteiger partial charge in [-0.3, -0.25) is 0 Å². The molecule has 2 nitrogen and oxygen atoms in total. The van der Waals surface area contributed by atoms with Gasteiger partial charge in [0.05, 0.1) is 6.61 Å². The number of esters is 1. The van der Waals surface area contributed by atoms with Crippen LogP contribution in [0.15, 0.2) is 36.5 Å². The lowest BCUT2D eigenvalue weighted by atomic mass is 10.2. The Morgan fingerprint density at radius 3 is 2.59 bits per heavy atom. The molecule has 0 spiro atoms. The Labute approximate surface area is 105 Å². The first kappa shape index (κ1) is 15.7. The third kappa shape index (κ3) is 12.6. The molecule has 0 radical (unpaired) electrons. The summed E-state index contributed by atoms with van der Waals surface area (Å²) >= 11 is 0. The Morgan fingerprint density at radius 2 is 1.88 bits per heavy atom. The first-order valence-electron chi connectivity index (χ1n) is 6.46. The second-order valence-corrected chi connectivity index (χ2v) is 3.74. The van der Waals surface area contributed by atoms with Crippen LogP contribution in [0.25, 0.3) is 0 Å². The minimum Gasteiger partial charge on any atom is -0.463 e. The van der Waals surface area contributed by atoms with Gasteiger partial charge >= 0.3 is 5.97 Å². The highest BCUT2D eigenvalue weighted by Crippen LogP contribution is 2.00. The first-order chi connectivity index (χ1) is 8.31. The second-order valence-electron chi connectivity index (χ2n) is 3.74. The van der Waals surface area contributed by atoms with Crippen molar-refractivity contribution >= 4 is 5.97 Å². The minimum absolute atomic E-state index is 0.285. The van der Waals surface area contributed by atoms with E-state index >= 15 is 0 Å². The van der Waals surface area contributed by atoms with Crippen LogP contribution in [0, 0.1) is 0 Å². The summed E-state index contributed by atoms with van der Waals surface area (Å²) in [5.74, 6) is -0.285. The van der Waals surface area contributed by atoms with Crippen molar-refractivity contribution in [1.29, 1.82) is 0 Å². The van der Waals surface area contributed by atoms with E-state index in [1.807, 2.05) is 12.2 Å². The molecule has 0 aliphatic heterocycles. The molecule has 0 aromatic rings. The predicted molar refractivity (Wildman–Crippen MR) is 72.8 cm³/mol. The Hall–Kier alpha value is -1.31. The highest BCUT2D eigenvalue weighted by Gasteiger charge is 1.89. The SMILES string of the molecule is CCCCC/C=C\C/C=C/C=C/C(=O)OCC. The van der Waals surface area contributed by atoms with Crippen molar-refractivity contribution in [3.63, 3.8) is 0 Å². The molecule has 0 atom stereocenters. The Balaban J connectivity index is 3.50. The molecule has 0 bridgehead atoms. The lowest BCUT2D eigenvalue weighted by molar-refractivity contribution is -0.137. The van der Waals surface area contributed by atoms with Crippen molar-refractivity contribution < 1.29 is 9.53 Å². The van der Waals surface area contributed by atoms with Gasteiger partial charge in [-0.25, -0.2) is 4.79 Å². The molecule has 0 rings (SSSR count). The summed E-state index contributed by atoms with van der Waals surface area (Å²) in [5, 5.41) is 0. The van der Waals surface area contributed by atoms with E-state index in [0.29, 0.717) is 6.61 Å². The van der Waals surface area contributed by atoms with Crippen molar-refractivity contribution in [3.05, 3.63) is 36.5 Å². The number of unbranched alkanes of at least 4 members (excludes halogenated alkanes) is 3. The molecule has 0 aromatic carbocycles. The average molecular weight is 236 g/mol. The number of hydrogen-bond donors (Lipinski definition) is 0. The smallest absolute Gasteiger partial charge is 0.330 e. The van der Waals surface area contributed by atoms with Crippen LogP contribution in [0.2, 0.25) is 0 Å². The molecule has 0 aliphatic carbocycles. The third-order valence-corrected chi connectivity index (χ3v) is 2.18. The van der Waals surface area contributed by atoms with E-state index < -0.39 is 0 Å². The Morgan fingerprint density at radius 1 is 1.06 bits per heavy atom. The molecule has 17 heavy (non-hydrogen) atoms. The largest absolute Gasteiger partial charge is 0.463 e. The highest BCUT2D eigenvalue weighted by molar-refractivity contribution is 5.82. The van der Waals surface area contributed by atoms with Crippen molar-refractivity contribution in [1.82, 2.24) is 0 Å². The molecule has 0 aromatic heterocycles. The molecule has 0 heterocycles. The van der Waals surface area contributed by atoms with Gasteiger partial charge in [0.2, 0.25) is 0 Å². The van der Waals surface area contributed by atoms with Gasteiger partial charge in [-0.2, -0.15) is 0 Å². The predicted octanol–water partition coefficient (Wildman–Crippen LogP) is 4.19. The highest BCUT2D eigenvalue weighted by atomic mass is 16.5. The quantitative estimate of drug-likeness (QED) is 0.197. The fraction of sp³-hybridized carbons (Fsp3) is 0.533. The second kappa shape index (κ2) is 12.8. The van der Waals surface area contributed by atoms with Crippen LogP contribution in [-0.4, -0.2) is 12.6 Å². The molecule has 0 saturated heterocycles. The number of carbonyl (C=O) groups is 1. The first-order valence-corrected chi connectivity index (χ1v) is 6.46. The molecular weight excluding hydrogens is 212 g/mol. The van der Waals surface area contributed by atoms with Gasteiger partial charge in [0.15, 0.2) is 0 Å². The van der Waals surface area contributed by atoms with E-state index in [4.69, 9.17) is 4.74 Å². The number of rotatable bonds is 9. The van der Waals surface area contributed by atoms with Crippen LogP contribution < -0.4 is 0 Å². The maximum absolute atomic E-state index is 10.9. The Bertz CT molecular complexity index is 262. The van der Waals surface area contributed by atoms with E-state index in [2.05, 4.69) is 19.1 Å². The van der Waals surface area contributed by atoms with E-state index in [1.165, 1.54) is 31.8 Å². The zero-order valence-corrected chi connectivity index (χ0v) is 11.0. The molecule has 96 valence electrons. The molecule has 0 unspecified atom stereocenters. The standard InChI is InChI=1S/C15H24O2/c1-3-5-6-7-8-9-10-11-12-13-14-15(16)17-4-2/h8-9,11-14H,3-7,10H2,1-2H3/b9-8-,12-11+,14-13+. The molecule has 0 amide bonds. The van der Waals surface area contributed by atoms with E-state index in [9.17, 15) is 4.79 Å². The van der Waals surface area contributed by atoms with Crippen molar-refractivity contribution in [2.24, 2.45) is 0 Å². The van der Waals surface area contributed by atoms with E-state index in [0.717, 1.165) is 6.42 Å². The number of carbonyl (C=O) groups excluding carboxylic acids is 1. The summed E-state index contributed by atoms with van der Waals surface area (Å²) in [5.41, 5.74) is 0. The zero-order valence-electron chi connectivity index (χ0n) is 11.0. The monoisotopic (exact) mass is 236 g/mol. The maximum atomic E-state index is 10.9. The van der Waals surface area contributed by atoms with Crippen LogP contribution >= 0.6 is 0 Å². The van der Waals surface area contributed by atoms with Crippen molar-refractivity contribution in [3.8, 4) is 0 Å². The van der Waals surface area contributed by atoms with Gasteiger partial charge < -0.3 is 4.74 Å². The van der Waals surface area contributed by atoms with Crippen LogP contribution in [0.3, 0.4) is 0 Å². The summed E-state index contributed by atoms with van der Waals surface area (Å²) in [4.78, 5) is 10.9. The fourth-order valence-electron chi connectivity index (χ4n) is 1.29. The van der Waals surface area contributed by atoms with Crippen LogP contribution in [0.1, 0.15) is 46.0 Å². The summed E-state index contributed by atoms with van der Waals surface area (Å²) in [6, 6.07) is 0. The van der Waals surface area contributed by atoms with Crippen molar-refractivity contribution in [2.75, 3.05) is 6.61 Å². The Kier molecular flexibility index (Phi) is 11.8. The average Bonchev–Trinajstić information content (AvgIpc) is 2.32. The molecule has 0 saturated carbocycles. The lowest BCUT2D eigenvalue weighted by Crippen LogP contribution is -1.98. The lowest BCUT2D eigenvalue weighted by Gasteiger charge is -1.92. The normalized spacial score (nSPS) is 11.9. The molecular formula is C15H24O2. The van der Waals surface area contributed by atoms with Gasteiger partial charge in [-0.15, -0.1) is 0 Å². The fourth-order valence-corrected chi connectivity index (χ4v) is 1.29. The van der Waals surface area contributed by atoms with Gasteiger partial charge in [0.25, 0.3) is 0 Å². The van der Waals surface area contributed by atoms with Crippen LogP contribution in [0.4, 0.5) is 0 Å². The molecule has 2 heteroatoms. The molecule has 0 aliphatic rings. The van der Waals surface area contributed by atoms with Gasteiger partial charge in [-0.1, -0.05) is 50.1 Å². The van der Waals surface area contributed by atoms with Crippen molar-refractivity contribution in [2.45, 2.75) is 46.0 Å². The topological polar surface area (TPSA) is 26.3 Å². The third-order valence-electron chi connectivity index (χ3n) is 2.18. The number of hydrogen-bond acceptors (Lipinski definition) is 2. The zero-order chi connectivity index (χ0) is 12.8. The van der Waals surface area contributed by atoms with Gasteiger partial charge in [0, 0.05) is 6.08 Å². The molecule has 0 N–H and O–H groups in total. The summed E-state index contributed by atoms with van der Waals surface area (Å²) in [6.07, 6.45) is 17.3. The molecule has 0 fully saturated rings. The number of allylic oxidation sites excluding steroid dienone is 5. The summed E-state index contributed by atoms with van der Waals surface area (Å²) < 4.78 is 4.75. The number of ether oxygens (including phenoxy) is 1. The van der Waals surface area contributed by atoms with Crippen LogP contribution in [0.5, 0.6) is 0 Å². The summed E-state index contributed by atoms with van der Waals surface area (Å²) in [6.45, 7) is 4.43. The summed E-state index contributed by atoms with van der Waals surface area (Å²) in [7, 11) is 0.